The summed E-state index contributed by atoms with van der Waals surface area (Å²) in [6.07, 6.45) is 0.506. The van der Waals surface area contributed by atoms with Gasteiger partial charge in [-0.25, -0.2) is 0 Å². The first-order valence-corrected chi connectivity index (χ1v) is 8.91. The monoisotopic (exact) mass is 350 g/mol. The van der Waals surface area contributed by atoms with Gasteiger partial charge in [-0.2, -0.15) is 0 Å². The summed E-state index contributed by atoms with van der Waals surface area (Å²) in [6.45, 7) is 11.0. The maximum atomic E-state index is 12.3. The van der Waals surface area contributed by atoms with Crippen molar-refractivity contribution in [3.8, 4) is 0 Å². The van der Waals surface area contributed by atoms with Gasteiger partial charge in [0.25, 0.3) is 0 Å². The van der Waals surface area contributed by atoms with Crippen LogP contribution in [-0.4, -0.2) is 54.2 Å². The third kappa shape index (κ3) is 5.91. The lowest BCUT2D eigenvalue weighted by Gasteiger charge is -2.37. The Hall–Kier alpha value is -1.39. The molecule has 4 nitrogen and oxygen atoms in total. The molecule has 0 N–H and O–H groups in total. The molecule has 1 aliphatic rings. The average molecular weight is 351 g/mol. The minimum absolute atomic E-state index is 0.0304. The minimum Gasteiger partial charge on any atom is -0.340 e. The summed E-state index contributed by atoms with van der Waals surface area (Å²) < 4.78 is 0. The number of nitrogens with zero attached hydrogens (tertiary/aromatic N) is 2. The van der Waals surface area contributed by atoms with Crippen molar-refractivity contribution >= 4 is 23.3 Å². The number of carbonyl (C=O) groups excluding carboxylic acids is 2. The Morgan fingerprint density at radius 3 is 2.33 bits per heavy atom. The van der Waals surface area contributed by atoms with Gasteiger partial charge in [0.1, 0.15) is 0 Å². The molecule has 132 valence electrons. The average Bonchev–Trinajstić information content (AvgIpc) is 2.51. The lowest BCUT2D eigenvalue weighted by molar-refractivity contribution is -0.133. The maximum Gasteiger partial charge on any atom is 0.223 e. The Morgan fingerprint density at radius 1 is 1.08 bits per heavy atom. The van der Waals surface area contributed by atoms with E-state index < -0.39 is 0 Å². The third-order valence-corrected chi connectivity index (χ3v) is 4.37. The van der Waals surface area contributed by atoms with Crippen molar-refractivity contribution in [2.45, 2.75) is 33.6 Å². The molecule has 0 bridgehead atoms. The van der Waals surface area contributed by atoms with Crippen LogP contribution in [0.1, 0.15) is 44.0 Å². The third-order valence-electron chi connectivity index (χ3n) is 4.14. The zero-order valence-electron chi connectivity index (χ0n) is 14.8. The fourth-order valence-corrected chi connectivity index (χ4v) is 3.20. The molecule has 1 heterocycles. The molecule has 0 aromatic heterocycles. The summed E-state index contributed by atoms with van der Waals surface area (Å²) in [6, 6.07) is 6.88. The van der Waals surface area contributed by atoms with Gasteiger partial charge in [-0.3, -0.25) is 14.5 Å². The Labute approximate surface area is 149 Å². The Bertz CT molecular complexity index is 587. The zero-order valence-corrected chi connectivity index (χ0v) is 15.6. The molecule has 1 aromatic rings. The van der Waals surface area contributed by atoms with Crippen LogP contribution in [0.5, 0.6) is 0 Å². The lowest BCUT2D eigenvalue weighted by Crippen LogP contribution is -2.50. The predicted octanol–water partition coefficient (Wildman–Crippen LogP) is 3.49. The largest absolute Gasteiger partial charge is 0.340 e. The van der Waals surface area contributed by atoms with Crippen molar-refractivity contribution in [2.75, 3.05) is 32.7 Å². The highest BCUT2D eigenvalue weighted by molar-refractivity contribution is 6.31. The van der Waals surface area contributed by atoms with Crippen molar-refractivity contribution in [3.05, 3.63) is 34.9 Å². The Kier molecular flexibility index (Phi) is 6.41. The standard InChI is InChI=1S/C19H27ClN2O2/c1-19(2,3)14-21-9-11-22(12-10-21)18(24)8-7-17(23)15-5-4-6-16(20)13-15/h4-6,13H,7-12,14H2,1-3H3. The molecule has 1 fully saturated rings. The number of halogens is 1. The van der Waals surface area contributed by atoms with E-state index in [9.17, 15) is 9.59 Å². The molecule has 0 aliphatic carbocycles. The number of amides is 1. The Morgan fingerprint density at radius 2 is 1.75 bits per heavy atom. The molecule has 2 rings (SSSR count). The molecule has 0 saturated carbocycles. The fraction of sp³-hybridized carbons (Fsp3) is 0.579. The molecular formula is C19H27ClN2O2. The number of hydrogen-bond donors (Lipinski definition) is 0. The van der Waals surface area contributed by atoms with Gasteiger partial charge >= 0.3 is 0 Å². The molecule has 0 atom stereocenters. The summed E-state index contributed by atoms with van der Waals surface area (Å²) in [7, 11) is 0. The van der Waals surface area contributed by atoms with Crippen molar-refractivity contribution in [1.29, 1.82) is 0 Å². The van der Waals surface area contributed by atoms with Crippen LogP contribution in [-0.2, 0) is 4.79 Å². The van der Waals surface area contributed by atoms with Crippen LogP contribution in [0.3, 0.4) is 0 Å². The van der Waals surface area contributed by atoms with Crippen LogP contribution in [0.25, 0.3) is 0 Å². The van der Waals surface area contributed by atoms with Gasteiger partial charge < -0.3 is 4.90 Å². The van der Waals surface area contributed by atoms with E-state index in [1.165, 1.54) is 0 Å². The first-order chi connectivity index (χ1) is 11.2. The van der Waals surface area contributed by atoms with Gasteiger partial charge in [-0.15, -0.1) is 0 Å². The summed E-state index contributed by atoms with van der Waals surface area (Å²) >= 11 is 5.90. The summed E-state index contributed by atoms with van der Waals surface area (Å²) in [5.74, 6) is 0.0398. The predicted molar refractivity (Wildman–Crippen MR) is 97.5 cm³/mol. The van der Waals surface area contributed by atoms with E-state index >= 15 is 0 Å². The highest BCUT2D eigenvalue weighted by Crippen LogP contribution is 2.17. The second-order valence-electron chi connectivity index (χ2n) is 7.65. The maximum absolute atomic E-state index is 12.3. The van der Waals surface area contributed by atoms with Gasteiger partial charge in [-0.05, 0) is 17.5 Å². The second-order valence-corrected chi connectivity index (χ2v) is 8.09. The van der Waals surface area contributed by atoms with E-state index in [-0.39, 0.29) is 29.9 Å². The SMILES string of the molecule is CC(C)(C)CN1CCN(C(=O)CCC(=O)c2cccc(Cl)c2)CC1. The van der Waals surface area contributed by atoms with Gasteiger partial charge in [-0.1, -0.05) is 44.5 Å². The van der Waals surface area contributed by atoms with E-state index in [1.54, 1.807) is 24.3 Å². The number of rotatable bonds is 5. The number of hydrogen-bond acceptors (Lipinski definition) is 3. The molecule has 5 heteroatoms. The van der Waals surface area contributed by atoms with E-state index in [2.05, 4.69) is 25.7 Å². The quantitative estimate of drug-likeness (QED) is 0.763. The normalized spacial score (nSPS) is 16.2. The van der Waals surface area contributed by atoms with Crippen molar-refractivity contribution < 1.29 is 9.59 Å². The molecule has 1 aromatic carbocycles. The highest BCUT2D eigenvalue weighted by atomic mass is 35.5. The summed E-state index contributed by atoms with van der Waals surface area (Å²) in [4.78, 5) is 28.8. The molecule has 24 heavy (non-hydrogen) atoms. The van der Waals surface area contributed by atoms with Crippen LogP contribution in [0.2, 0.25) is 5.02 Å². The van der Waals surface area contributed by atoms with Gasteiger partial charge in [0, 0.05) is 56.2 Å². The highest BCUT2D eigenvalue weighted by Gasteiger charge is 2.24. The fourth-order valence-electron chi connectivity index (χ4n) is 3.01. The smallest absolute Gasteiger partial charge is 0.223 e. The Balaban J connectivity index is 1.77. The zero-order chi connectivity index (χ0) is 17.7. The van der Waals surface area contributed by atoms with E-state index in [4.69, 9.17) is 11.6 Å². The van der Waals surface area contributed by atoms with Crippen molar-refractivity contribution in [1.82, 2.24) is 9.80 Å². The first-order valence-electron chi connectivity index (χ1n) is 8.53. The van der Waals surface area contributed by atoms with Gasteiger partial charge in [0.15, 0.2) is 5.78 Å². The molecule has 0 unspecified atom stereocenters. The second kappa shape index (κ2) is 8.13. The molecule has 1 saturated heterocycles. The molecular weight excluding hydrogens is 324 g/mol. The number of ketones is 1. The van der Waals surface area contributed by atoms with E-state index in [0.29, 0.717) is 10.6 Å². The number of Topliss-reactive ketones (excluding diaryl/α,β-unsaturated/α-hetero) is 1. The summed E-state index contributed by atoms with van der Waals surface area (Å²) in [5.41, 5.74) is 0.848. The number of piperazine rings is 1. The minimum atomic E-state index is -0.0304. The summed E-state index contributed by atoms with van der Waals surface area (Å²) in [5, 5.41) is 0.544. The molecule has 0 radical (unpaired) electrons. The van der Waals surface area contributed by atoms with Crippen LogP contribution in [0.4, 0.5) is 0 Å². The molecule has 0 spiro atoms. The van der Waals surface area contributed by atoms with Crippen LogP contribution < -0.4 is 0 Å². The lowest BCUT2D eigenvalue weighted by atomic mass is 9.96. The van der Waals surface area contributed by atoms with E-state index in [0.717, 1.165) is 32.7 Å². The number of benzene rings is 1. The number of carbonyl (C=O) groups is 2. The molecule has 1 amide bonds. The van der Waals surface area contributed by atoms with Crippen molar-refractivity contribution in [3.63, 3.8) is 0 Å². The first kappa shape index (κ1) is 18.9. The van der Waals surface area contributed by atoms with Gasteiger partial charge in [0.2, 0.25) is 5.91 Å². The van der Waals surface area contributed by atoms with Crippen LogP contribution >= 0.6 is 11.6 Å². The molecule has 1 aliphatic heterocycles. The van der Waals surface area contributed by atoms with Crippen LogP contribution in [0, 0.1) is 5.41 Å². The van der Waals surface area contributed by atoms with Gasteiger partial charge in [0.05, 0.1) is 0 Å². The van der Waals surface area contributed by atoms with E-state index in [1.807, 2.05) is 4.90 Å². The van der Waals surface area contributed by atoms with Crippen LogP contribution in [0.15, 0.2) is 24.3 Å². The van der Waals surface area contributed by atoms with Crippen molar-refractivity contribution in [2.24, 2.45) is 5.41 Å². The topological polar surface area (TPSA) is 40.6 Å².